The van der Waals surface area contributed by atoms with Gasteiger partial charge in [0.15, 0.2) is 11.6 Å². The molecule has 0 aliphatic heterocycles. The highest BCUT2D eigenvalue weighted by Crippen LogP contribution is 2.30. The predicted molar refractivity (Wildman–Crippen MR) is 77.3 cm³/mol. The van der Waals surface area contributed by atoms with E-state index >= 15 is 0 Å². The zero-order valence-electron chi connectivity index (χ0n) is 10.6. The minimum absolute atomic E-state index is 0.0393. The maximum atomic E-state index is 13.5. The quantitative estimate of drug-likeness (QED) is 0.823. The van der Waals surface area contributed by atoms with Gasteiger partial charge in [-0.1, -0.05) is 5.16 Å². The van der Waals surface area contributed by atoms with Crippen molar-refractivity contribution in [2.45, 2.75) is 12.5 Å². The molecule has 0 saturated heterocycles. The molecule has 0 saturated carbocycles. The molecule has 0 aliphatic carbocycles. The van der Waals surface area contributed by atoms with E-state index in [1.807, 2.05) is 6.26 Å². The first-order valence-corrected chi connectivity index (χ1v) is 7.95. The summed E-state index contributed by atoms with van der Waals surface area (Å²) in [6.45, 7) is 0. The molecular weight excluding hydrogens is 352 g/mol. The summed E-state index contributed by atoms with van der Waals surface area (Å²) in [7, 11) is 0. The molecule has 1 heterocycles. The summed E-state index contributed by atoms with van der Waals surface area (Å²) in [5.41, 5.74) is 6.22. The van der Waals surface area contributed by atoms with E-state index in [0.29, 0.717) is 12.0 Å². The fraction of sp³-hybridized carbons (Fsp3) is 0.333. The van der Waals surface area contributed by atoms with Crippen LogP contribution in [0.25, 0.3) is 11.4 Å². The van der Waals surface area contributed by atoms with Crippen molar-refractivity contribution >= 4 is 27.7 Å². The van der Waals surface area contributed by atoms with Gasteiger partial charge >= 0.3 is 0 Å². The molecule has 20 heavy (non-hydrogen) atoms. The van der Waals surface area contributed by atoms with E-state index in [1.54, 1.807) is 11.8 Å². The average Bonchev–Trinajstić information content (AvgIpc) is 2.92. The molecule has 1 aromatic heterocycles. The topological polar surface area (TPSA) is 64.9 Å². The third kappa shape index (κ3) is 3.18. The van der Waals surface area contributed by atoms with Crippen molar-refractivity contribution in [3.8, 4) is 11.4 Å². The van der Waals surface area contributed by atoms with Gasteiger partial charge in [0.2, 0.25) is 11.7 Å². The molecule has 0 spiro atoms. The molecule has 2 N–H and O–H groups in total. The van der Waals surface area contributed by atoms with Gasteiger partial charge in [-0.2, -0.15) is 16.7 Å². The van der Waals surface area contributed by atoms with Crippen LogP contribution in [-0.2, 0) is 0 Å². The van der Waals surface area contributed by atoms with Gasteiger partial charge in [0.25, 0.3) is 0 Å². The molecule has 1 unspecified atom stereocenters. The zero-order chi connectivity index (χ0) is 14.7. The van der Waals surface area contributed by atoms with Crippen LogP contribution >= 0.6 is 27.7 Å². The van der Waals surface area contributed by atoms with Crippen molar-refractivity contribution in [1.29, 1.82) is 0 Å². The lowest BCUT2D eigenvalue weighted by Gasteiger charge is -2.04. The van der Waals surface area contributed by atoms with Crippen LogP contribution in [0.4, 0.5) is 8.78 Å². The Hall–Kier alpha value is -0.990. The number of nitrogens with zero attached hydrogens (tertiary/aromatic N) is 2. The fourth-order valence-electron chi connectivity index (χ4n) is 1.56. The lowest BCUT2D eigenvalue weighted by Crippen LogP contribution is -2.11. The van der Waals surface area contributed by atoms with Crippen LogP contribution in [-0.4, -0.2) is 22.1 Å². The minimum Gasteiger partial charge on any atom is -0.337 e. The number of hydrogen-bond acceptors (Lipinski definition) is 5. The minimum atomic E-state index is -0.986. The van der Waals surface area contributed by atoms with E-state index < -0.39 is 11.6 Å². The van der Waals surface area contributed by atoms with E-state index in [1.165, 1.54) is 6.07 Å². The van der Waals surface area contributed by atoms with Gasteiger partial charge in [0, 0.05) is 5.56 Å². The number of halogens is 3. The van der Waals surface area contributed by atoms with Gasteiger partial charge in [-0.05, 0) is 46.5 Å². The molecule has 2 rings (SSSR count). The van der Waals surface area contributed by atoms with Crippen LogP contribution in [0.1, 0.15) is 18.4 Å². The first kappa shape index (κ1) is 15.4. The summed E-state index contributed by atoms with van der Waals surface area (Å²) in [6.07, 6.45) is 2.67. The molecule has 1 aromatic carbocycles. The summed E-state index contributed by atoms with van der Waals surface area (Å²) in [5.74, 6) is -0.606. The third-order valence-electron chi connectivity index (χ3n) is 2.67. The number of aromatic nitrogens is 2. The Kier molecular flexibility index (Phi) is 5.11. The maximum absolute atomic E-state index is 13.5. The van der Waals surface area contributed by atoms with Gasteiger partial charge in [0.1, 0.15) is 0 Å². The largest absolute Gasteiger partial charge is 0.337 e. The van der Waals surface area contributed by atoms with Gasteiger partial charge in [-0.3, -0.25) is 0 Å². The van der Waals surface area contributed by atoms with E-state index in [9.17, 15) is 8.78 Å². The molecule has 1 atom stereocenters. The molecule has 108 valence electrons. The highest BCUT2D eigenvalue weighted by Gasteiger charge is 2.19. The van der Waals surface area contributed by atoms with Crippen molar-refractivity contribution in [3.05, 3.63) is 34.1 Å². The van der Waals surface area contributed by atoms with Crippen LogP contribution in [0.3, 0.4) is 0 Å². The van der Waals surface area contributed by atoms with Crippen LogP contribution in [0, 0.1) is 11.6 Å². The molecule has 2 aromatic rings. The molecule has 4 nitrogen and oxygen atoms in total. The first-order chi connectivity index (χ1) is 9.54. The SMILES string of the molecule is CSCCC(N)c1nc(-c2ccc(F)c(F)c2Br)no1. The Labute approximate surface area is 127 Å². The lowest BCUT2D eigenvalue weighted by molar-refractivity contribution is 0.353. The van der Waals surface area contributed by atoms with E-state index in [0.717, 1.165) is 11.8 Å². The number of benzene rings is 1. The number of thioether (sulfide) groups is 1. The van der Waals surface area contributed by atoms with Gasteiger partial charge < -0.3 is 10.3 Å². The Morgan fingerprint density at radius 1 is 1.45 bits per heavy atom. The van der Waals surface area contributed by atoms with Crippen molar-refractivity contribution in [2.24, 2.45) is 5.73 Å². The van der Waals surface area contributed by atoms with Crippen LogP contribution in [0.15, 0.2) is 21.1 Å². The monoisotopic (exact) mass is 363 g/mol. The van der Waals surface area contributed by atoms with Crippen LogP contribution < -0.4 is 5.73 Å². The first-order valence-electron chi connectivity index (χ1n) is 5.76. The molecule has 8 heteroatoms. The van der Waals surface area contributed by atoms with E-state index in [2.05, 4.69) is 26.1 Å². The Morgan fingerprint density at radius 3 is 2.90 bits per heavy atom. The molecular formula is C12H12BrF2N3OS. The second-order valence-corrected chi connectivity index (χ2v) is 5.85. The van der Waals surface area contributed by atoms with Crippen molar-refractivity contribution < 1.29 is 13.3 Å². The van der Waals surface area contributed by atoms with Crippen molar-refractivity contribution in [1.82, 2.24) is 10.1 Å². The van der Waals surface area contributed by atoms with Gasteiger partial charge in [-0.25, -0.2) is 8.78 Å². The molecule has 0 fully saturated rings. The predicted octanol–water partition coefficient (Wildman–Crippen LogP) is 3.53. The highest BCUT2D eigenvalue weighted by atomic mass is 79.9. The summed E-state index contributed by atoms with van der Waals surface area (Å²) < 4.78 is 31.6. The number of hydrogen-bond donors (Lipinski definition) is 1. The second kappa shape index (κ2) is 6.64. The van der Waals surface area contributed by atoms with Gasteiger partial charge in [0.05, 0.1) is 10.5 Å². The van der Waals surface area contributed by atoms with E-state index in [4.69, 9.17) is 10.3 Å². The highest BCUT2D eigenvalue weighted by molar-refractivity contribution is 9.10. The maximum Gasteiger partial charge on any atom is 0.243 e. The van der Waals surface area contributed by atoms with Crippen LogP contribution in [0.2, 0.25) is 0 Å². The van der Waals surface area contributed by atoms with Gasteiger partial charge in [-0.15, -0.1) is 0 Å². The second-order valence-electron chi connectivity index (χ2n) is 4.07. The Bertz CT molecular complexity index is 608. The standard InChI is InChI=1S/C12H12BrF2N3OS/c1-20-5-4-8(16)12-17-11(18-19-12)6-2-3-7(14)10(15)9(6)13/h2-3,8H,4-5,16H2,1H3. The normalized spacial score (nSPS) is 12.7. The Balaban J connectivity index is 2.27. The summed E-state index contributed by atoms with van der Waals surface area (Å²) in [5, 5.41) is 3.76. The zero-order valence-corrected chi connectivity index (χ0v) is 13.0. The number of nitrogens with two attached hydrogens (primary N) is 1. The molecule has 0 amide bonds. The summed E-state index contributed by atoms with van der Waals surface area (Å²) >= 11 is 4.65. The summed E-state index contributed by atoms with van der Waals surface area (Å²) in [6, 6.07) is 2.02. The lowest BCUT2D eigenvalue weighted by atomic mass is 10.2. The van der Waals surface area contributed by atoms with Crippen LogP contribution in [0.5, 0.6) is 0 Å². The molecule has 0 aliphatic rings. The van der Waals surface area contributed by atoms with Crippen molar-refractivity contribution in [2.75, 3.05) is 12.0 Å². The smallest absolute Gasteiger partial charge is 0.243 e. The fourth-order valence-corrected chi connectivity index (χ4v) is 2.55. The average molecular weight is 364 g/mol. The molecule has 0 radical (unpaired) electrons. The third-order valence-corrected chi connectivity index (χ3v) is 4.09. The Morgan fingerprint density at radius 2 is 2.20 bits per heavy atom. The number of rotatable bonds is 5. The summed E-state index contributed by atoms with van der Waals surface area (Å²) in [4.78, 5) is 4.13. The molecule has 0 bridgehead atoms. The van der Waals surface area contributed by atoms with E-state index in [-0.39, 0.29) is 22.2 Å². The van der Waals surface area contributed by atoms with Crippen molar-refractivity contribution in [3.63, 3.8) is 0 Å².